The standard InChI is InChI=1S/C6H8O4.C5H6O4.C4H6O2/c1-9-5(7)3-4-6(8)10-2;1-3(5(8)9)2-4(6)7;1-3-6-4(2)5/h3-4H,1-2H3;1-2H2,(H,6,7)(H,8,9);3H,1H2,2H3/b4-3-;;. The quantitative estimate of drug-likeness (QED) is 0.299. The highest BCUT2D eigenvalue weighted by Crippen LogP contribution is 1.95. The summed E-state index contributed by atoms with van der Waals surface area (Å²) in [4.78, 5) is 50.0. The lowest BCUT2D eigenvalue weighted by Gasteiger charge is -1.91. The van der Waals surface area contributed by atoms with Crippen LogP contribution in [-0.4, -0.2) is 54.3 Å². The molecule has 0 rings (SSSR count). The number of rotatable bonds is 6. The van der Waals surface area contributed by atoms with Gasteiger partial charge in [0.25, 0.3) is 0 Å². The Morgan fingerprint density at radius 1 is 0.960 bits per heavy atom. The number of esters is 3. The molecule has 0 heterocycles. The average molecular weight is 360 g/mol. The van der Waals surface area contributed by atoms with Crippen molar-refractivity contribution >= 4 is 29.8 Å². The zero-order valence-corrected chi connectivity index (χ0v) is 14.0. The molecule has 25 heavy (non-hydrogen) atoms. The van der Waals surface area contributed by atoms with Crippen molar-refractivity contribution in [2.75, 3.05) is 14.2 Å². The van der Waals surface area contributed by atoms with Crippen LogP contribution in [0.25, 0.3) is 0 Å². The maximum atomic E-state index is 10.3. The van der Waals surface area contributed by atoms with E-state index >= 15 is 0 Å². The van der Waals surface area contributed by atoms with Gasteiger partial charge in [-0.15, -0.1) is 0 Å². The largest absolute Gasteiger partial charge is 0.481 e. The van der Waals surface area contributed by atoms with Gasteiger partial charge < -0.3 is 24.4 Å². The first kappa shape index (κ1) is 26.5. The van der Waals surface area contributed by atoms with Crippen LogP contribution < -0.4 is 0 Å². The highest BCUT2D eigenvalue weighted by Gasteiger charge is 2.07. The molecule has 0 saturated carbocycles. The molecule has 0 aromatic carbocycles. The van der Waals surface area contributed by atoms with E-state index in [1.54, 1.807) is 0 Å². The molecule has 0 amide bonds. The Labute approximate surface area is 144 Å². The van der Waals surface area contributed by atoms with Crippen LogP contribution in [0.15, 0.2) is 37.1 Å². The lowest BCUT2D eigenvalue weighted by Crippen LogP contribution is -2.04. The second-order valence-corrected chi connectivity index (χ2v) is 3.63. The Bertz CT molecular complexity index is 512. The van der Waals surface area contributed by atoms with Crippen molar-refractivity contribution in [1.29, 1.82) is 0 Å². The minimum Gasteiger partial charge on any atom is -0.481 e. The first-order chi connectivity index (χ1) is 11.5. The SMILES string of the molecule is C=C(CC(=O)O)C(=O)O.C=COC(C)=O.COC(=O)/C=C\C(=O)OC. The molecule has 0 aliphatic rings. The van der Waals surface area contributed by atoms with Gasteiger partial charge in [0.2, 0.25) is 0 Å². The molecule has 0 aliphatic heterocycles. The number of aliphatic carboxylic acids is 2. The second-order valence-electron chi connectivity index (χ2n) is 3.63. The summed E-state index contributed by atoms with van der Waals surface area (Å²) in [6, 6.07) is 0. The fourth-order valence-corrected chi connectivity index (χ4v) is 0.648. The number of carbonyl (C=O) groups is 5. The third-order valence-electron chi connectivity index (χ3n) is 1.67. The van der Waals surface area contributed by atoms with Crippen molar-refractivity contribution in [2.45, 2.75) is 13.3 Å². The number of carboxylic acids is 2. The molecule has 0 aliphatic carbocycles. The molecule has 0 radical (unpaired) electrons. The fourth-order valence-electron chi connectivity index (χ4n) is 0.648. The van der Waals surface area contributed by atoms with Gasteiger partial charge in [-0.3, -0.25) is 9.59 Å². The molecule has 140 valence electrons. The van der Waals surface area contributed by atoms with Crippen molar-refractivity contribution in [1.82, 2.24) is 0 Å². The van der Waals surface area contributed by atoms with Gasteiger partial charge in [-0.25, -0.2) is 14.4 Å². The summed E-state index contributed by atoms with van der Waals surface area (Å²) in [5.41, 5.74) is -0.303. The van der Waals surface area contributed by atoms with Crippen molar-refractivity contribution in [3.05, 3.63) is 37.1 Å². The van der Waals surface area contributed by atoms with E-state index in [1.807, 2.05) is 0 Å². The molecule has 0 aromatic heterocycles. The molecular weight excluding hydrogens is 340 g/mol. The van der Waals surface area contributed by atoms with Gasteiger partial charge in [0, 0.05) is 24.6 Å². The van der Waals surface area contributed by atoms with Crippen molar-refractivity contribution < 1.29 is 48.4 Å². The van der Waals surface area contributed by atoms with Gasteiger partial charge in [-0.05, 0) is 0 Å². The van der Waals surface area contributed by atoms with E-state index in [0.717, 1.165) is 18.4 Å². The monoisotopic (exact) mass is 360 g/mol. The zero-order valence-electron chi connectivity index (χ0n) is 14.0. The molecule has 10 heteroatoms. The first-order valence-electron chi connectivity index (χ1n) is 6.26. The summed E-state index contributed by atoms with van der Waals surface area (Å²) in [7, 11) is 2.45. The number of hydrogen-bond acceptors (Lipinski definition) is 8. The predicted molar refractivity (Wildman–Crippen MR) is 84.2 cm³/mol. The van der Waals surface area contributed by atoms with Crippen LogP contribution in [0.2, 0.25) is 0 Å². The van der Waals surface area contributed by atoms with E-state index in [-0.39, 0.29) is 11.5 Å². The molecule has 0 atom stereocenters. The predicted octanol–water partition coefficient (Wildman–Crippen LogP) is 0.684. The van der Waals surface area contributed by atoms with Crippen LogP contribution in [0.1, 0.15) is 13.3 Å². The van der Waals surface area contributed by atoms with E-state index in [2.05, 4.69) is 27.4 Å². The maximum absolute atomic E-state index is 10.3. The summed E-state index contributed by atoms with van der Waals surface area (Å²) < 4.78 is 12.6. The molecule has 2 N–H and O–H groups in total. The van der Waals surface area contributed by atoms with Crippen LogP contribution in [0.5, 0.6) is 0 Å². The Morgan fingerprint density at radius 3 is 1.48 bits per heavy atom. The molecular formula is C15H20O10. The summed E-state index contributed by atoms with van der Waals surface area (Å²) >= 11 is 0. The van der Waals surface area contributed by atoms with Crippen LogP contribution >= 0.6 is 0 Å². The number of hydrogen-bond donors (Lipinski definition) is 2. The van der Waals surface area contributed by atoms with Crippen molar-refractivity contribution in [3.63, 3.8) is 0 Å². The van der Waals surface area contributed by atoms with Crippen LogP contribution in [0, 0.1) is 0 Å². The Kier molecular flexibility index (Phi) is 17.9. The first-order valence-corrected chi connectivity index (χ1v) is 6.26. The fraction of sp³-hybridized carbons (Fsp3) is 0.267. The topological polar surface area (TPSA) is 154 Å². The normalized spacial score (nSPS) is 8.44. The van der Waals surface area contributed by atoms with Gasteiger partial charge in [-0.2, -0.15) is 0 Å². The molecule has 0 saturated heterocycles. The Hall–Kier alpha value is -3.43. The molecule has 0 fully saturated rings. The third kappa shape index (κ3) is 25.8. The summed E-state index contributed by atoms with van der Waals surface area (Å²) in [6.07, 6.45) is 2.58. The van der Waals surface area contributed by atoms with Gasteiger partial charge in [0.15, 0.2) is 0 Å². The van der Waals surface area contributed by atoms with E-state index in [4.69, 9.17) is 10.2 Å². The number of ether oxygens (including phenoxy) is 3. The van der Waals surface area contributed by atoms with Crippen LogP contribution in [-0.2, 0) is 38.2 Å². The molecule has 0 spiro atoms. The lowest BCUT2D eigenvalue weighted by molar-refractivity contribution is -0.139. The van der Waals surface area contributed by atoms with E-state index < -0.39 is 30.3 Å². The number of carboxylic acid groups (broad SMARTS) is 2. The molecule has 0 unspecified atom stereocenters. The van der Waals surface area contributed by atoms with Crippen LogP contribution in [0.3, 0.4) is 0 Å². The minimum atomic E-state index is -1.27. The summed E-state index contributed by atoms with van der Waals surface area (Å²) in [6.45, 7) is 7.49. The third-order valence-corrected chi connectivity index (χ3v) is 1.67. The van der Waals surface area contributed by atoms with Gasteiger partial charge in [0.1, 0.15) is 0 Å². The van der Waals surface area contributed by atoms with Crippen molar-refractivity contribution in [3.8, 4) is 0 Å². The lowest BCUT2D eigenvalue weighted by atomic mass is 10.2. The average Bonchev–Trinajstić information content (AvgIpc) is 2.52. The van der Waals surface area contributed by atoms with Crippen LogP contribution in [0.4, 0.5) is 0 Å². The maximum Gasteiger partial charge on any atom is 0.331 e. The zero-order chi connectivity index (χ0) is 20.4. The summed E-state index contributed by atoms with van der Waals surface area (Å²) in [5.74, 6) is -3.93. The number of carbonyl (C=O) groups excluding carboxylic acids is 3. The van der Waals surface area contributed by atoms with Gasteiger partial charge >= 0.3 is 29.8 Å². The molecule has 0 bridgehead atoms. The van der Waals surface area contributed by atoms with E-state index in [9.17, 15) is 24.0 Å². The van der Waals surface area contributed by atoms with Crippen molar-refractivity contribution in [2.24, 2.45) is 0 Å². The molecule has 10 nitrogen and oxygen atoms in total. The molecule has 0 aromatic rings. The Balaban J connectivity index is -0.000000300. The summed E-state index contributed by atoms with van der Waals surface area (Å²) in [5, 5.41) is 16.1. The van der Waals surface area contributed by atoms with Gasteiger partial charge in [0.05, 0.1) is 26.9 Å². The minimum absolute atomic E-state index is 0.303. The smallest absolute Gasteiger partial charge is 0.331 e. The number of methoxy groups -OCH3 is 2. The Morgan fingerprint density at radius 2 is 1.36 bits per heavy atom. The highest BCUT2D eigenvalue weighted by molar-refractivity contribution is 5.91. The van der Waals surface area contributed by atoms with E-state index in [1.165, 1.54) is 21.1 Å². The second kappa shape index (κ2) is 16.9. The highest BCUT2D eigenvalue weighted by atomic mass is 16.5. The van der Waals surface area contributed by atoms with E-state index in [0.29, 0.717) is 0 Å². The van der Waals surface area contributed by atoms with Gasteiger partial charge in [-0.1, -0.05) is 13.2 Å².